The molecule has 4 amide bonds. The van der Waals surface area contributed by atoms with Crippen LogP contribution in [0.25, 0.3) is 0 Å². The van der Waals surface area contributed by atoms with E-state index in [-0.39, 0.29) is 24.4 Å². The average Bonchev–Trinajstić information content (AvgIpc) is 3.32. The summed E-state index contributed by atoms with van der Waals surface area (Å²) in [5.41, 5.74) is 7.54. The Labute approximate surface area is 185 Å². The fourth-order valence-corrected chi connectivity index (χ4v) is 4.46. The zero-order chi connectivity index (χ0) is 22.8. The lowest BCUT2D eigenvalue weighted by Gasteiger charge is -2.37. The van der Waals surface area contributed by atoms with E-state index in [1.54, 1.807) is 39.9 Å². The number of imidazole rings is 1. The molecular weight excluding hydrogens is 410 g/mol. The third-order valence-electron chi connectivity index (χ3n) is 6.13. The molecular formula is C22H25N7O3. The number of carbonyl (C=O) groups is 3. The highest BCUT2D eigenvalue weighted by Crippen LogP contribution is 2.26. The lowest BCUT2D eigenvalue weighted by atomic mass is 10.00. The number of amides is 4. The summed E-state index contributed by atoms with van der Waals surface area (Å²) in [5.74, 6) is 0.481. The first-order valence-electron chi connectivity index (χ1n) is 10.6. The number of aromatic nitrogens is 2. The first kappa shape index (κ1) is 21.4. The summed E-state index contributed by atoms with van der Waals surface area (Å²) in [6.07, 6.45) is 3.33. The van der Waals surface area contributed by atoms with Gasteiger partial charge in [0.15, 0.2) is 0 Å². The number of aryl methyl sites for hydroxylation is 1. The lowest BCUT2D eigenvalue weighted by Crippen LogP contribution is -2.54. The van der Waals surface area contributed by atoms with E-state index < -0.39 is 12.1 Å². The van der Waals surface area contributed by atoms with Crippen molar-refractivity contribution in [3.05, 3.63) is 53.1 Å². The zero-order valence-corrected chi connectivity index (χ0v) is 17.8. The maximum atomic E-state index is 13.1. The molecule has 0 unspecified atom stereocenters. The van der Waals surface area contributed by atoms with Gasteiger partial charge in [0.05, 0.1) is 30.1 Å². The van der Waals surface area contributed by atoms with Gasteiger partial charge in [-0.1, -0.05) is 12.1 Å². The number of rotatable bonds is 5. The van der Waals surface area contributed by atoms with Gasteiger partial charge in [-0.25, -0.2) is 14.6 Å². The predicted octanol–water partition coefficient (Wildman–Crippen LogP) is 1.12. The number of urea groups is 1. The van der Waals surface area contributed by atoms with Gasteiger partial charge < -0.3 is 20.9 Å². The van der Waals surface area contributed by atoms with Crippen molar-refractivity contribution in [3.8, 4) is 6.07 Å². The predicted molar refractivity (Wildman–Crippen MR) is 114 cm³/mol. The van der Waals surface area contributed by atoms with Gasteiger partial charge in [0, 0.05) is 25.6 Å². The summed E-state index contributed by atoms with van der Waals surface area (Å²) >= 11 is 0. The molecule has 10 heteroatoms. The fraction of sp³-hybridized carbons (Fsp3) is 0.409. The minimum atomic E-state index is -0.792. The van der Waals surface area contributed by atoms with E-state index in [4.69, 9.17) is 11.0 Å². The number of benzene rings is 1. The monoisotopic (exact) mass is 435 g/mol. The molecule has 1 aromatic carbocycles. The van der Waals surface area contributed by atoms with E-state index >= 15 is 0 Å². The molecule has 1 atom stereocenters. The molecule has 1 aromatic heterocycles. The molecule has 4 rings (SSSR count). The van der Waals surface area contributed by atoms with Crippen LogP contribution in [-0.2, 0) is 17.8 Å². The van der Waals surface area contributed by atoms with Crippen LogP contribution in [0.15, 0.2) is 30.5 Å². The van der Waals surface area contributed by atoms with Crippen molar-refractivity contribution < 1.29 is 14.4 Å². The van der Waals surface area contributed by atoms with Gasteiger partial charge in [-0.05, 0) is 37.5 Å². The van der Waals surface area contributed by atoms with Crippen molar-refractivity contribution in [2.75, 3.05) is 13.1 Å². The van der Waals surface area contributed by atoms with E-state index in [0.717, 1.165) is 11.3 Å². The van der Waals surface area contributed by atoms with Crippen molar-refractivity contribution in [2.45, 2.75) is 44.8 Å². The van der Waals surface area contributed by atoms with E-state index in [2.05, 4.69) is 16.4 Å². The highest BCUT2D eigenvalue weighted by atomic mass is 16.2. The molecule has 0 bridgehead atoms. The number of piperidine rings is 1. The maximum Gasteiger partial charge on any atom is 0.330 e. The van der Waals surface area contributed by atoms with Crippen LogP contribution in [0.2, 0.25) is 0 Å². The Balaban J connectivity index is 1.38. The summed E-state index contributed by atoms with van der Waals surface area (Å²) in [5, 5.41) is 11.5. The molecule has 166 valence electrons. The summed E-state index contributed by atoms with van der Waals surface area (Å²) < 4.78 is 1.64. The van der Waals surface area contributed by atoms with E-state index in [1.807, 2.05) is 11.8 Å². The number of hydrogen-bond donors (Lipinski definition) is 2. The number of nitrogens with one attached hydrogen (secondary N) is 1. The van der Waals surface area contributed by atoms with E-state index in [1.165, 1.54) is 0 Å². The fourth-order valence-electron chi connectivity index (χ4n) is 4.46. The Kier molecular flexibility index (Phi) is 5.81. The van der Waals surface area contributed by atoms with Crippen molar-refractivity contribution >= 4 is 18.0 Å². The number of carbonyl (C=O) groups excluding carboxylic acids is 3. The number of nitrogens with zero attached hydrogens (tertiary/aromatic N) is 5. The van der Waals surface area contributed by atoms with Gasteiger partial charge in [-0.15, -0.1) is 0 Å². The average molecular weight is 435 g/mol. The third kappa shape index (κ3) is 4.14. The molecule has 3 heterocycles. The van der Waals surface area contributed by atoms with Gasteiger partial charge in [0.1, 0.15) is 11.9 Å². The Morgan fingerprint density at radius 3 is 2.56 bits per heavy atom. The number of primary amides is 1. The first-order chi connectivity index (χ1) is 15.4. The van der Waals surface area contributed by atoms with Crippen molar-refractivity contribution in [1.82, 2.24) is 24.7 Å². The van der Waals surface area contributed by atoms with Gasteiger partial charge in [0.2, 0.25) is 5.91 Å². The number of nitriles is 1. The van der Waals surface area contributed by atoms with Crippen LogP contribution in [0.3, 0.4) is 0 Å². The van der Waals surface area contributed by atoms with Crippen LogP contribution >= 0.6 is 0 Å². The van der Waals surface area contributed by atoms with Crippen LogP contribution in [0.5, 0.6) is 0 Å². The third-order valence-corrected chi connectivity index (χ3v) is 6.13. The van der Waals surface area contributed by atoms with E-state index in [0.29, 0.717) is 43.9 Å². The smallest absolute Gasteiger partial charge is 0.330 e. The molecule has 2 aliphatic rings. The number of fused-ring (bicyclic) bond motifs is 1. The summed E-state index contributed by atoms with van der Waals surface area (Å²) in [6.45, 7) is 3.32. The Morgan fingerprint density at radius 1 is 1.28 bits per heavy atom. The molecule has 0 saturated carbocycles. The second-order valence-corrected chi connectivity index (χ2v) is 8.17. The van der Waals surface area contributed by atoms with Crippen molar-refractivity contribution in [3.63, 3.8) is 0 Å². The minimum absolute atomic E-state index is 0.0481. The number of hydrogen-bond acceptors (Lipinski definition) is 5. The van der Waals surface area contributed by atoms with E-state index in [9.17, 15) is 14.4 Å². The van der Waals surface area contributed by atoms with Crippen LogP contribution < -0.4 is 11.1 Å². The Bertz CT molecular complexity index is 1080. The Hall–Kier alpha value is -3.87. The molecule has 0 radical (unpaired) electrons. The van der Waals surface area contributed by atoms with Gasteiger partial charge in [-0.2, -0.15) is 5.26 Å². The van der Waals surface area contributed by atoms with Crippen molar-refractivity contribution in [1.29, 1.82) is 5.26 Å². The Morgan fingerprint density at radius 2 is 1.97 bits per heavy atom. The molecule has 0 spiro atoms. The van der Waals surface area contributed by atoms with Crippen LogP contribution in [0.1, 0.15) is 35.5 Å². The second kappa shape index (κ2) is 8.70. The highest BCUT2D eigenvalue weighted by Gasteiger charge is 2.37. The molecule has 2 aliphatic heterocycles. The van der Waals surface area contributed by atoms with Crippen LogP contribution in [-0.4, -0.2) is 62.5 Å². The topological polar surface area (TPSA) is 137 Å². The maximum absolute atomic E-state index is 13.1. The molecule has 3 N–H and O–H groups in total. The van der Waals surface area contributed by atoms with Crippen LogP contribution in [0.4, 0.5) is 9.59 Å². The highest BCUT2D eigenvalue weighted by molar-refractivity contribution is 5.87. The molecule has 2 aromatic rings. The second-order valence-electron chi connectivity index (χ2n) is 8.17. The largest absolute Gasteiger partial charge is 0.352 e. The SMILES string of the molecule is Cc1ncc2n1C(=O)N(C1CCN(C(=O)[C@@H](Cc3ccc(C#N)cc3)NC(N)=O)CC1)C2. The normalized spacial score (nSPS) is 17.1. The minimum Gasteiger partial charge on any atom is -0.352 e. The summed E-state index contributed by atoms with van der Waals surface area (Å²) in [7, 11) is 0. The number of nitrogens with two attached hydrogens (primary N) is 1. The summed E-state index contributed by atoms with van der Waals surface area (Å²) in [6, 6.07) is 7.36. The molecule has 1 saturated heterocycles. The molecule has 10 nitrogen and oxygen atoms in total. The standard InChI is InChI=1S/C22H25N7O3/c1-14-25-12-18-13-28(22(32)29(14)18)17-6-8-27(9-7-17)20(30)19(26-21(24)31)10-15-2-4-16(11-23)5-3-15/h2-5,12,17,19H,6-10,13H2,1H3,(H3,24,26,31)/t19-/m1/s1. The number of likely N-dealkylation sites (tertiary alicyclic amines) is 1. The van der Waals surface area contributed by atoms with Crippen LogP contribution in [0, 0.1) is 18.3 Å². The quantitative estimate of drug-likeness (QED) is 0.725. The first-order valence-corrected chi connectivity index (χ1v) is 10.6. The molecule has 32 heavy (non-hydrogen) atoms. The van der Waals surface area contributed by atoms with Gasteiger partial charge in [0.25, 0.3) is 0 Å². The molecule has 0 aliphatic carbocycles. The van der Waals surface area contributed by atoms with Gasteiger partial charge >= 0.3 is 12.1 Å². The summed E-state index contributed by atoms with van der Waals surface area (Å²) in [4.78, 5) is 45.2. The lowest BCUT2D eigenvalue weighted by molar-refractivity contribution is -0.134. The molecule has 1 fully saturated rings. The van der Waals surface area contributed by atoms with Crippen molar-refractivity contribution in [2.24, 2.45) is 5.73 Å². The van der Waals surface area contributed by atoms with Gasteiger partial charge in [-0.3, -0.25) is 9.36 Å². The zero-order valence-electron chi connectivity index (χ0n) is 17.8.